The van der Waals surface area contributed by atoms with Gasteiger partial charge >= 0.3 is 0 Å². The fourth-order valence-corrected chi connectivity index (χ4v) is 3.47. The van der Waals surface area contributed by atoms with Gasteiger partial charge in [-0.05, 0) is 24.1 Å². The van der Waals surface area contributed by atoms with Gasteiger partial charge in [0, 0.05) is 44.2 Å². The van der Waals surface area contributed by atoms with Gasteiger partial charge in [-0.1, -0.05) is 12.1 Å². The molecule has 0 aliphatic carbocycles. The number of imidazole rings is 1. The first-order chi connectivity index (χ1) is 11.8. The molecule has 3 heterocycles. The Balaban J connectivity index is 1.37. The molecule has 2 saturated heterocycles. The molecule has 2 fully saturated rings. The first kappa shape index (κ1) is 14.6. The molecule has 0 N–H and O–H groups in total. The Morgan fingerprint density at radius 2 is 1.83 bits per heavy atom. The second-order valence-corrected chi connectivity index (χ2v) is 6.51. The van der Waals surface area contributed by atoms with Crippen LogP contribution in [0.5, 0.6) is 0 Å². The van der Waals surface area contributed by atoms with E-state index in [4.69, 9.17) is 10.5 Å². The fraction of sp³-hybridized carbons (Fsp3) is 0.389. The summed E-state index contributed by atoms with van der Waals surface area (Å²) in [6.45, 7) is 3.52. The van der Waals surface area contributed by atoms with E-state index in [0.29, 0.717) is 17.4 Å². The van der Waals surface area contributed by atoms with E-state index in [1.54, 1.807) is 4.90 Å². The third-order valence-corrected chi connectivity index (χ3v) is 5.04. The fourth-order valence-electron chi connectivity index (χ4n) is 3.47. The molecule has 2 aliphatic rings. The summed E-state index contributed by atoms with van der Waals surface area (Å²) in [4.78, 5) is 6.34. The van der Waals surface area contributed by atoms with Crippen LogP contribution in [-0.4, -0.2) is 40.7 Å². The molecule has 4 rings (SSSR count). The summed E-state index contributed by atoms with van der Waals surface area (Å²) < 4.78 is 2.07. The van der Waals surface area contributed by atoms with E-state index in [1.807, 2.05) is 18.5 Å². The summed E-state index contributed by atoms with van der Waals surface area (Å²) >= 11 is 0. The van der Waals surface area contributed by atoms with Gasteiger partial charge in [0.1, 0.15) is 6.33 Å². The SMILES string of the molecule is N#Cc1ccc(C2CN(n3cnc(C4CCN(C#N)C4)c3)C2)cc1. The number of likely N-dealkylation sites (tertiary alicyclic amines) is 1. The third-order valence-electron chi connectivity index (χ3n) is 5.04. The van der Waals surface area contributed by atoms with Crippen LogP contribution in [0, 0.1) is 22.8 Å². The van der Waals surface area contributed by atoms with Crippen LogP contribution in [0.15, 0.2) is 36.8 Å². The predicted molar refractivity (Wildman–Crippen MR) is 88.6 cm³/mol. The molecule has 6 heteroatoms. The molecule has 0 bridgehead atoms. The molecule has 1 aromatic heterocycles. The summed E-state index contributed by atoms with van der Waals surface area (Å²) in [6.07, 6.45) is 7.19. The van der Waals surface area contributed by atoms with Crippen molar-refractivity contribution in [3.63, 3.8) is 0 Å². The standard InChI is InChI=1S/C18H18N6/c19-7-14-1-3-15(4-2-14)17-9-23(10-17)24-11-18(21-13-24)16-5-6-22(8-16)12-20/h1-4,11,13,16-17H,5-6,8-10H2. The van der Waals surface area contributed by atoms with Crippen molar-refractivity contribution in [3.8, 4) is 12.3 Å². The zero-order chi connectivity index (χ0) is 16.5. The van der Waals surface area contributed by atoms with Crippen LogP contribution >= 0.6 is 0 Å². The minimum absolute atomic E-state index is 0.362. The maximum absolute atomic E-state index is 8.97. The molecule has 0 saturated carbocycles. The Bertz CT molecular complexity index is 803. The van der Waals surface area contributed by atoms with Crippen LogP contribution in [0.4, 0.5) is 0 Å². The lowest BCUT2D eigenvalue weighted by atomic mass is 9.92. The normalized spacial score (nSPS) is 20.5. The van der Waals surface area contributed by atoms with Gasteiger partial charge in [-0.3, -0.25) is 4.68 Å². The highest BCUT2D eigenvalue weighted by Crippen LogP contribution is 2.28. The molecule has 0 spiro atoms. The van der Waals surface area contributed by atoms with Crippen molar-refractivity contribution in [2.24, 2.45) is 0 Å². The average molecular weight is 318 g/mol. The van der Waals surface area contributed by atoms with Crippen LogP contribution in [0.3, 0.4) is 0 Å². The Labute approximate surface area is 141 Å². The smallest absolute Gasteiger partial charge is 0.179 e. The van der Waals surface area contributed by atoms with E-state index in [1.165, 1.54) is 5.56 Å². The monoisotopic (exact) mass is 318 g/mol. The summed E-state index contributed by atoms with van der Waals surface area (Å²) in [5.74, 6) is 0.866. The predicted octanol–water partition coefficient (Wildman–Crippen LogP) is 1.76. The maximum atomic E-state index is 8.97. The molecule has 1 aromatic carbocycles. The first-order valence-corrected chi connectivity index (χ1v) is 8.20. The topological polar surface area (TPSA) is 71.9 Å². The van der Waals surface area contributed by atoms with Gasteiger partial charge in [-0.15, -0.1) is 0 Å². The Kier molecular flexibility index (Phi) is 3.59. The highest BCUT2D eigenvalue weighted by Gasteiger charge is 2.30. The number of aromatic nitrogens is 2. The van der Waals surface area contributed by atoms with Crippen molar-refractivity contribution in [1.29, 1.82) is 10.5 Å². The summed E-state index contributed by atoms with van der Waals surface area (Å²) in [5, 5.41) is 20.1. The number of hydrogen-bond donors (Lipinski definition) is 0. The molecular weight excluding hydrogens is 300 g/mol. The van der Waals surface area contributed by atoms with Crippen molar-refractivity contribution in [2.75, 3.05) is 31.2 Å². The van der Waals surface area contributed by atoms with Crippen molar-refractivity contribution >= 4 is 0 Å². The largest absolute Gasteiger partial charge is 0.311 e. The molecule has 1 atom stereocenters. The summed E-state index contributed by atoms with van der Waals surface area (Å²) in [5.41, 5.74) is 3.07. The van der Waals surface area contributed by atoms with E-state index < -0.39 is 0 Å². The van der Waals surface area contributed by atoms with E-state index in [0.717, 1.165) is 38.3 Å². The van der Waals surface area contributed by atoms with Crippen LogP contribution in [-0.2, 0) is 0 Å². The molecule has 24 heavy (non-hydrogen) atoms. The van der Waals surface area contributed by atoms with E-state index in [9.17, 15) is 0 Å². The van der Waals surface area contributed by atoms with Crippen molar-refractivity contribution in [1.82, 2.24) is 14.6 Å². The number of hydrogen-bond acceptors (Lipinski definition) is 5. The molecule has 1 unspecified atom stereocenters. The quantitative estimate of drug-likeness (QED) is 0.806. The highest BCUT2D eigenvalue weighted by atomic mass is 15.6. The minimum atomic E-state index is 0.362. The van der Waals surface area contributed by atoms with E-state index in [-0.39, 0.29) is 0 Å². The van der Waals surface area contributed by atoms with Gasteiger partial charge in [-0.25, -0.2) is 4.98 Å². The lowest BCUT2D eigenvalue weighted by molar-refractivity contribution is 0.412. The van der Waals surface area contributed by atoms with Crippen LogP contribution in [0.1, 0.15) is 35.1 Å². The molecule has 2 aliphatic heterocycles. The van der Waals surface area contributed by atoms with Gasteiger partial charge in [0.25, 0.3) is 0 Å². The molecule has 2 aromatic rings. The van der Waals surface area contributed by atoms with Crippen LogP contribution < -0.4 is 5.01 Å². The first-order valence-electron chi connectivity index (χ1n) is 8.20. The Morgan fingerprint density at radius 3 is 2.50 bits per heavy atom. The van der Waals surface area contributed by atoms with Crippen molar-refractivity contribution in [2.45, 2.75) is 18.3 Å². The molecule has 6 nitrogen and oxygen atoms in total. The Hall–Kier alpha value is -2.99. The summed E-state index contributed by atoms with van der Waals surface area (Å²) in [7, 11) is 0. The molecule has 120 valence electrons. The number of rotatable bonds is 3. The van der Waals surface area contributed by atoms with Gasteiger partial charge < -0.3 is 9.91 Å². The number of nitriles is 2. The zero-order valence-electron chi connectivity index (χ0n) is 13.3. The number of nitrogens with zero attached hydrogens (tertiary/aromatic N) is 6. The second-order valence-electron chi connectivity index (χ2n) is 6.51. The molecular formula is C18H18N6. The summed E-state index contributed by atoms with van der Waals surface area (Å²) in [6, 6.07) is 10.0. The van der Waals surface area contributed by atoms with Crippen molar-refractivity contribution in [3.05, 3.63) is 53.6 Å². The molecule has 0 radical (unpaired) electrons. The zero-order valence-corrected chi connectivity index (χ0v) is 13.3. The van der Waals surface area contributed by atoms with Gasteiger partial charge in [0.05, 0.1) is 17.3 Å². The minimum Gasteiger partial charge on any atom is -0.311 e. The van der Waals surface area contributed by atoms with Gasteiger partial charge in [-0.2, -0.15) is 10.5 Å². The van der Waals surface area contributed by atoms with Gasteiger partial charge in [0.15, 0.2) is 6.19 Å². The van der Waals surface area contributed by atoms with Crippen molar-refractivity contribution < 1.29 is 0 Å². The Morgan fingerprint density at radius 1 is 1.04 bits per heavy atom. The second kappa shape index (κ2) is 5.90. The third kappa shape index (κ3) is 2.57. The maximum Gasteiger partial charge on any atom is 0.179 e. The highest BCUT2D eigenvalue weighted by molar-refractivity contribution is 5.35. The van der Waals surface area contributed by atoms with Crippen LogP contribution in [0.2, 0.25) is 0 Å². The van der Waals surface area contributed by atoms with E-state index >= 15 is 0 Å². The van der Waals surface area contributed by atoms with Gasteiger partial charge in [0.2, 0.25) is 0 Å². The average Bonchev–Trinajstić information content (AvgIpc) is 3.23. The van der Waals surface area contributed by atoms with Crippen LogP contribution in [0.25, 0.3) is 0 Å². The number of benzene rings is 1. The lowest BCUT2D eigenvalue weighted by Gasteiger charge is -2.41. The molecule has 0 amide bonds. The van der Waals surface area contributed by atoms with E-state index in [2.05, 4.69) is 45.3 Å². The lowest BCUT2D eigenvalue weighted by Crippen LogP contribution is -2.51.